The van der Waals surface area contributed by atoms with E-state index in [0.717, 1.165) is 11.1 Å². The second-order valence-electron chi connectivity index (χ2n) is 5.28. The largest absolute Gasteiger partial charge is 0.480 e. The van der Waals surface area contributed by atoms with Gasteiger partial charge in [0.25, 0.3) is 0 Å². The minimum Gasteiger partial charge on any atom is -0.480 e. The Morgan fingerprint density at radius 2 is 2.15 bits per heavy atom. The second-order valence-corrected chi connectivity index (χ2v) is 5.28. The minimum atomic E-state index is -1.05. The molecule has 1 amide bonds. The van der Waals surface area contributed by atoms with Crippen LogP contribution in [0.5, 0.6) is 0 Å². The van der Waals surface area contributed by atoms with Gasteiger partial charge < -0.3 is 15.1 Å². The standard InChI is InChI=1S/C15H19NO4/c1-10-3-2-4-11(7-10)5-6-14(18)16-9-12(17)8-13(16)15(19)20/h2-4,7,12-13,17H,5-6,8-9H2,1H3,(H,19,20)/t12-,13-/m1/s1. The van der Waals surface area contributed by atoms with Gasteiger partial charge in [0.15, 0.2) is 0 Å². The highest BCUT2D eigenvalue weighted by atomic mass is 16.4. The highest BCUT2D eigenvalue weighted by Gasteiger charge is 2.38. The molecule has 1 fully saturated rings. The summed E-state index contributed by atoms with van der Waals surface area (Å²) in [5, 5.41) is 18.6. The van der Waals surface area contributed by atoms with Crippen molar-refractivity contribution in [1.82, 2.24) is 4.90 Å². The van der Waals surface area contributed by atoms with Gasteiger partial charge in [-0.25, -0.2) is 4.79 Å². The molecule has 0 aliphatic carbocycles. The number of aliphatic hydroxyl groups excluding tert-OH is 1. The summed E-state index contributed by atoms with van der Waals surface area (Å²) in [6.45, 7) is 2.10. The summed E-state index contributed by atoms with van der Waals surface area (Å²) in [7, 11) is 0. The summed E-state index contributed by atoms with van der Waals surface area (Å²) in [5.74, 6) is -1.26. The molecule has 0 spiro atoms. The number of aliphatic hydroxyl groups is 1. The predicted octanol–water partition coefficient (Wildman–Crippen LogP) is 0.974. The Kier molecular flexibility index (Phi) is 4.39. The SMILES string of the molecule is Cc1cccc(CCC(=O)N2C[C@H](O)C[C@@H]2C(=O)O)c1. The van der Waals surface area contributed by atoms with Crippen LogP contribution in [-0.4, -0.2) is 45.7 Å². The van der Waals surface area contributed by atoms with Gasteiger partial charge in [-0.3, -0.25) is 4.79 Å². The molecule has 0 bridgehead atoms. The van der Waals surface area contributed by atoms with Gasteiger partial charge in [0.2, 0.25) is 5.91 Å². The Bertz CT molecular complexity index is 514. The number of β-amino-alcohol motifs (C(OH)–C–C–N with tert-alkyl or cyclic N) is 1. The molecular weight excluding hydrogens is 258 g/mol. The van der Waals surface area contributed by atoms with Crippen molar-refractivity contribution in [3.63, 3.8) is 0 Å². The summed E-state index contributed by atoms with van der Waals surface area (Å²) in [6.07, 6.45) is 0.226. The lowest BCUT2D eigenvalue weighted by molar-refractivity contribution is -0.148. The van der Waals surface area contributed by atoms with Gasteiger partial charge in [0, 0.05) is 19.4 Å². The lowest BCUT2D eigenvalue weighted by atomic mass is 10.1. The van der Waals surface area contributed by atoms with Crippen molar-refractivity contribution in [2.75, 3.05) is 6.54 Å². The van der Waals surface area contributed by atoms with Crippen molar-refractivity contribution >= 4 is 11.9 Å². The second kappa shape index (κ2) is 6.05. The fraction of sp³-hybridized carbons (Fsp3) is 0.467. The van der Waals surface area contributed by atoms with Gasteiger partial charge in [-0.2, -0.15) is 0 Å². The number of nitrogens with zero attached hydrogens (tertiary/aromatic N) is 1. The number of aryl methyl sites for hydroxylation is 2. The maximum Gasteiger partial charge on any atom is 0.326 e. The Morgan fingerprint density at radius 3 is 2.80 bits per heavy atom. The smallest absolute Gasteiger partial charge is 0.326 e. The van der Waals surface area contributed by atoms with E-state index in [9.17, 15) is 14.7 Å². The molecule has 0 radical (unpaired) electrons. The quantitative estimate of drug-likeness (QED) is 0.859. The number of carbonyl (C=O) groups is 2. The van der Waals surface area contributed by atoms with Crippen LogP contribution in [0.15, 0.2) is 24.3 Å². The number of carboxylic acid groups (broad SMARTS) is 1. The lowest BCUT2D eigenvalue weighted by Gasteiger charge is -2.21. The fourth-order valence-corrected chi connectivity index (χ4v) is 2.59. The summed E-state index contributed by atoms with van der Waals surface area (Å²) >= 11 is 0. The maximum absolute atomic E-state index is 12.1. The number of carboxylic acids is 1. The number of hydrogen-bond acceptors (Lipinski definition) is 3. The van der Waals surface area contributed by atoms with Gasteiger partial charge in [-0.05, 0) is 18.9 Å². The molecule has 2 rings (SSSR count). The minimum absolute atomic E-state index is 0.115. The number of rotatable bonds is 4. The highest BCUT2D eigenvalue weighted by Crippen LogP contribution is 2.20. The van der Waals surface area contributed by atoms with Gasteiger partial charge >= 0.3 is 5.97 Å². The molecule has 1 aromatic rings. The van der Waals surface area contributed by atoms with E-state index < -0.39 is 18.1 Å². The predicted molar refractivity (Wildman–Crippen MR) is 73.3 cm³/mol. The third kappa shape index (κ3) is 3.36. The molecule has 0 saturated carbocycles. The zero-order valence-electron chi connectivity index (χ0n) is 11.5. The maximum atomic E-state index is 12.1. The van der Waals surface area contributed by atoms with Gasteiger partial charge in [-0.1, -0.05) is 29.8 Å². The van der Waals surface area contributed by atoms with Crippen molar-refractivity contribution < 1.29 is 19.8 Å². The number of likely N-dealkylation sites (tertiary alicyclic amines) is 1. The molecule has 0 aromatic heterocycles. The molecule has 0 unspecified atom stereocenters. The molecule has 1 aliphatic rings. The fourth-order valence-electron chi connectivity index (χ4n) is 2.59. The number of amides is 1. The van der Waals surface area contributed by atoms with E-state index in [-0.39, 0.29) is 25.3 Å². The lowest BCUT2D eigenvalue weighted by Crippen LogP contribution is -2.40. The first kappa shape index (κ1) is 14.5. The first-order valence-corrected chi connectivity index (χ1v) is 6.73. The Morgan fingerprint density at radius 1 is 1.40 bits per heavy atom. The molecule has 1 heterocycles. The van der Waals surface area contributed by atoms with Crippen molar-refractivity contribution in [2.45, 2.75) is 38.3 Å². The molecule has 2 N–H and O–H groups in total. The molecule has 1 saturated heterocycles. The van der Waals surface area contributed by atoms with Crippen LogP contribution in [0, 0.1) is 6.92 Å². The van der Waals surface area contributed by atoms with Crippen LogP contribution in [-0.2, 0) is 16.0 Å². The summed E-state index contributed by atoms with van der Waals surface area (Å²) < 4.78 is 0. The first-order valence-electron chi connectivity index (χ1n) is 6.73. The average molecular weight is 277 g/mol. The third-order valence-corrected chi connectivity index (χ3v) is 3.59. The summed E-state index contributed by atoms with van der Waals surface area (Å²) in [6, 6.07) is 7.00. The topological polar surface area (TPSA) is 77.8 Å². The summed E-state index contributed by atoms with van der Waals surface area (Å²) in [4.78, 5) is 24.5. The molecule has 1 aromatic carbocycles. The van der Waals surface area contributed by atoms with Crippen LogP contribution in [0.2, 0.25) is 0 Å². The van der Waals surface area contributed by atoms with Crippen LogP contribution in [0.4, 0.5) is 0 Å². The average Bonchev–Trinajstić information content (AvgIpc) is 2.78. The van der Waals surface area contributed by atoms with Crippen molar-refractivity contribution in [2.24, 2.45) is 0 Å². The monoisotopic (exact) mass is 277 g/mol. The van der Waals surface area contributed by atoms with Gasteiger partial charge in [0.1, 0.15) is 6.04 Å². The van der Waals surface area contributed by atoms with E-state index in [1.54, 1.807) is 0 Å². The van der Waals surface area contributed by atoms with Crippen LogP contribution in [0.3, 0.4) is 0 Å². The molecule has 5 nitrogen and oxygen atoms in total. The molecule has 20 heavy (non-hydrogen) atoms. The molecular formula is C15H19NO4. The zero-order valence-corrected chi connectivity index (χ0v) is 11.5. The Hall–Kier alpha value is -1.88. The van der Waals surface area contributed by atoms with Crippen LogP contribution >= 0.6 is 0 Å². The van der Waals surface area contributed by atoms with Gasteiger partial charge in [-0.15, -0.1) is 0 Å². The Balaban J connectivity index is 1.96. The highest BCUT2D eigenvalue weighted by molar-refractivity contribution is 5.84. The molecule has 108 valence electrons. The molecule has 2 atom stereocenters. The molecule has 1 aliphatic heterocycles. The number of benzene rings is 1. The number of hydrogen-bond donors (Lipinski definition) is 2. The van der Waals surface area contributed by atoms with E-state index in [2.05, 4.69) is 0 Å². The van der Waals surface area contributed by atoms with Crippen LogP contribution in [0.25, 0.3) is 0 Å². The van der Waals surface area contributed by atoms with E-state index >= 15 is 0 Å². The van der Waals surface area contributed by atoms with E-state index in [0.29, 0.717) is 6.42 Å². The van der Waals surface area contributed by atoms with Crippen LogP contribution in [0.1, 0.15) is 24.0 Å². The number of carbonyl (C=O) groups excluding carboxylic acids is 1. The van der Waals surface area contributed by atoms with E-state index in [4.69, 9.17) is 5.11 Å². The van der Waals surface area contributed by atoms with Crippen molar-refractivity contribution in [3.05, 3.63) is 35.4 Å². The van der Waals surface area contributed by atoms with Crippen molar-refractivity contribution in [1.29, 1.82) is 0 Å². The summed E-state index contributed by atoms with van der Waals surface area (Å²) in [5.41, 5.74) is 2.19. The van der Waals surface area contributed by atoms with Gasteiger partial charge in [0.05, 0.1) is 6.10 Å². The Labute approximate surface area is 117 Å². The molecule has 5 heteroatoms. The first-order chi connectivity index (χ1) is 9.47. The van der Waals surface area contributed by atoms with E-state index in [1.165, 1.54) is 4.90 Å². The number of aliphatic carboxylic acids is 1. The van der Waals surface area contributed by atoms with Crippen LogP contribution < -0.4 is 0 Å². The normalized spacial score (nSPS) is 22.0. The third-order valence-electron chi connectivity index (χ3n) is 3.59. The zero-order chi connectivity index (χ0) is 14.7. The van der Waals surface area contributed by atoms with E-state index in [1.807, 2.05) is 31.2 Å². The van der Waals surface area contributed by atoms with Crippen molar-refractivity contribution in [3.8, 4) is 0 Å².